The third-order valence-electron chi connectivity index (χ3n) is 3.67. The topological polar surface area (TPSA) is 133 Å². The van der Waals surface area contributed by atoms with Crippen LogP contribution in [-0.2, 0) is 33.9 Å². The van der Waals surface area contributed by atoms with Gasteiger partial charge in [0.1, 0.15) is 0 Å². The van der Waals surface area contributed by atoms with Crippen molar-refractivity contribution in [3.05, 3.63) is 33.8 Å². The number of hydrogen-bond donors (Lipinski definition) is 2. The molecule has 0 aliphatic rings. The van der Waals surface area contributed by atoms with E-state index in [0.29, 0.717) is 6.26 Å². The first-order chi connectivity index (χ1) is 12.7. The molecule has 1 aromatic carbocycles. The van der Waals surface area contributed by atoms with E-state index in [0.717, 1.165) is 18.2 Å². The lowest BCUT2D eigenvalue weighted by Gasteiger charge is -2.27. The molecule has 28 heavy (non-hydrogen) atoms. The molecule has 2 atom stereocenters. The first kappa shape index (κ1) is 25.1. The molecule has 2 unspecified atom stereocenters. The molecule has 0 amide bonds. The zero-order valence-corrected chi connectivity index (χ0v) is 18.6. The van der Waals surface area contributed by atoms with Gasteiger partial charge in [-0.25, -0.2) is 8.42 Å². The molecule has 0 saturated carbocycles. The van der Waals surface area contributed by atoms with Gasteiger partial charge >= 0.3 is 19.2 Å². The number of carboxylic acid groups (broad SMARTS) is 1. The Morgan fingerprint density at radius 3 is 2.18 bits per heavy atom. The summed E-state index contributed by atoms with van der Waals surface area (Å²) in [6.07, 6.45) is 0.712. The molecule has 0 aliphatic carbocycles. The Labute approximate surface area is 170 Å². The Balaban J connectivity index is 3.43. The predicted molar refractivity (Wildman–Crippen MR) is 102 cm³/mol. The van der Waals surface area contributed by atoms with Crippen molar-refractivity contribution in [3.63, 3.8) is 0 Å². The molecule has 13 heteroatoms. The maximum Gasteiger partial charge on any atom is 0.404 e. The standard InChI is InChI=1S/C15H21BrF2NO7PS/c1-4-25-27(22,26-5-2)15(17,18)10-7-6-9(8-11(10)16)12(19)13(14(20)21)28(3,23)24/h6-8,12-13H,4-5,19H2,1-3H3,(H,20,21). The number of rotatable bonds is 10. The number of carboxylic acids is 1. The molecule has 0 heterocycles. The molecule has 0 saturated heterocycles. The molecule has 0 aromatic heterocycles. The summed E-state index contributed by atoms with van der Waals surface area (Å²) in [4.78, 5) is 11.3. The van der Waals surface area contributed by atoms with E-state index in [4.69, 9.17) is 19.9 Å². The maximum absolute atomic E-state index is 14.9. The highest BCUT2D eigenvalue weighted by atomic mass is 79.9. The first-order valence-corrected chi connectivity index (χ1v) is 12.3. The fourth-order valence-electron chi connectivity index (χ4n) is 2.45. The van der Waals surface area contributed by atoms with E-state index in [-0.39, 0.29) is 23.2 Å². The maximum atomic E-state index is 14.9. The Morgan fingerprint density at radius 2 is 1.82 bits per heavy atom. The molecular formula is C15H21BrF2NO7PS. The largest absolute Gasteiger partial charge is 0.480 e. The molecule has 8 nitrogen and oxygen atoms in total. The minimum Gasteiger partial charge on any atom is -0.480 e. The van der Waals surface area contributed by atoms with Crippen LogP contribution in [0.3, 0.4) is 0 Å². The summed E-state index contributed by atoms with van der Waals surface area (Å²) in [6.45, 7) is 2.22. The van der Waals surface area contributed by atoms with Crippen LogP contribution in [-0.4, -0.2) is 44.2 Å². The zero-order valence-electron chi connectivity index (χ0n) is 15.3. The highest BCUT2D eigenvalue weighted by molar-refractivity contribution is 9.10. The van der Waals surface area contributed by atoms with Crippen molar-refractivity contribution in [2.45, 2.75) is 30.8 Å². The summed E-state index contributed by atoms with van der Waals surface area (Å²) in [5.41, 5.74) is 0.981. The highest BCUT2D eigenvalue weighted by Gasteiger charge is 2.55. The Morgan fingerprint density at radius 1 is 1.32 bits per heavy atom. The van der Waals surface area contributed by atoms with Gasteiger partial charge in [0.2, 0.25) is 0 Å². The summed E-state index contributed by atoms with van der Waals surface area (Å²) in [6, 6.07) is 1.45. The van der Waals surface area contributed by atoms with E-state index in [1.807, 2.05) is 0 Å². The molecule has 1 rings (SSSR count). The van der Waals surface area contributed by atoms with Crippen molar-refractivity contribution in [3.8, 4) is 0 Å². The van der Waals surface area contributed by atoms with Crippen molar-refractivity contribution >= 4 is 39.3 Å². The van der Waals surface area contributed by atoms with E-state index in [2.05, 4.69) is 15.9 Å². The van der Waals surface area contributed by atoms with Crippen LogP contribution in [0.25, 0.3) is 0 Å². The lowest BCUT2D eigenvalue weighted by atomic mass is 10.0. The van der Waals surface area contributed by atoms with Gasteiger partial charge in [-0.2, -0.15) is 8.78 Å². The van der Waals surface area contributed by atoms with Gasteiger partial charge in [-0.05, 0) is 25.5 Å². The van der Waals surface area contributed by atoms with Crippen molar-refractivity contribution in [1.82, 2.24) is 0 Å². The second kappa shape index (κ2) is 9.27. The summed E-state index contributed by atoms with van der Waals surface area (Å²) in [7, 11) is -8.93. The molecule has 3 N–H and O–H groups in total. The van der Waals surface area contributed by atoms with E-state index < -0.39 is 45.9 Å². The van der Waals surface area contributed by atoms with Crippen molar-refractivity contribution in [2.75, 3.05) is 19.5 Å². The Hall–Kier alpha value is -0.910. The minimum absolute atomic E-state index is 0.0214. The molecule has 1 aromatic rings. The minimum atomic E-state index is -4.86. The van der Waals surface area contributed by atoms with E-state index in [1.54, 1.807) is 0 Å². The number of halogens is 3. The van der Waals surface area contributed by atoms with Gasteiger partial charge in [0.25, 0.3) is 0 Å². The van der Waals surface area contributed by atoms with Gasteiger partial charge in [-0.3, -0.25) is 9.36 Å². The lowest BCUT2D eigenvalue weighted by molar-refractivity contribution is -0.136. The molecule has 0 fully saturated rings. The second-order valence-electron chi connectivity index (χ2n) is 5.73. The van der Waals surface area contributed by atoms with Crippen LogP contribution in [0, 0.1) is 0 Å². The van der Waals surface area contributed by atoms with Gasteiger partial charge < -0.3 is 19.9 Å². The molecule has 0 spiro atoms. The molecule has 0 aliphatic heterocycles. The van der Waals surface area contributed by atoms with Crippen molar-refractivity contribution < 1.29 is 40.7 Å². The van der Waals surface area contributed by atoms with Gasteiger partial charge in [0.15, 0.2) is 15.1 Å². The third-order valence-corrected chi connectivity index (χ3v) is 7.87. The van der Waals surface area contributed by atoms with Crippen molar-refractivity contribution in [2.24, 2.45) is 5.73 Å². The third kappa shape index (κ3) is 5.17. The summed E-state index contributed by atoms with van der Waals surface area (Å²) in [5, 5.41) is 7.19. The number of hydrogen-bond acceptors (Lipinski definition) is 7. The Kier molecular flexibility index (Phi) is 8.32. The molecular weight excluding hydrogens is 487 g/mol. The first-order valence-electron chi connectivity index (χ1n) is 7.97. The average molecular weight is 508 g/mol. The van der Waals surface area contributed by atoms with Crippen LogP contribution in [0.4, 0.5) is 8.78 Å². The van der Waals surface area contributed by atoms with Crippen LogP contribution in [0.1, 0.15) is 31.0 Å². The highest BCUT2D eigenvalue weighted by Crippen LogP contribution is 2.67. The van der Waals surface area contributed by atoms with Gasteiger partial charge in [0.05, 0.1) is 19.3 Å². The second-order valence-corrected chi connectivity index (χ2v) is 10.8. The SMILES string of the molecule is CCOP(=O)(OCC)C(F)(F)c1ccc(C(N)C(C(=O)O)S(C)(=O)=O)cc1Br. The fraction of sp³-hybridized carbons (Fsp3) is 0.533. The Bertz CT molecular complexity index is 871. The van der Waals surface area contributed by atoms with E-state index in [1.165, 1.54) is 13.8 Å². The summed E-state index contributed by atoms with van der Waals surface area (Å²) >= 11 is 2.92. The summed E-state index contributed by atoms with van der Waals surface area (Å²) in [5.74, 6) is -1.67. The monoisotopic (exact) mass is 507 g/mol. The van der Waals surface area contributed by atoms with Crippen LogP contribution in [0.2, 0.25) is 0 Å². The van der Waals surface area contributed by atoms with Gasteiger partial charge in [0, 0.05) is 16.3 Å². The normalized spacial score (nSPS) is 15.2. The van der Waals surface area contributed by atoms with Gasteiger partial charge in [-0.1, -0.05) is 28.1 Å². The number of benzene rings is 1. The lowest BCUT2D eigenvalue weighted by Crippen LogP contribution is -2.39. The number of nitrogens with two attached hydrogens (primary N) is 1. The van der Waals surface area contributed by atoms with E-state index in [9.17, 15) is 26.6 Å². The van der Waals surface area contributed by atoms with E-state index >= 15 is 0 Å². The number of sulfone groups is 1. The fourth-order valence-corrected chi connectivity index (χ4v) is 5.87. The number of alkyl halides is 2. The smallest absolute Gasteiger partial charge is 0.404 e. The average Bonchev–Trinajstić information content (AvgIpc) is 2.52. The van der Waals surface area contributed by atoms with Crippen LogP contribution >= 0.6 is 23.5 Å². The quantitative estimate of drug-likeness (QED) is 0.461. The summed E-state index contributed by atoms with van der Waals surface area (Å²) < 4.78 is 74.9. The van der Waals surface area contributed by atoms with Crippen LogP contribution in [0.5, 0.6) is 0 Å². The molecule has 160 valence electrons. The number of carbonyl (C=O) groups is 1. The zero-order chi connectivity index (χ0) is 21.9. The molecule has 0 bridgehead atoms. The van der Waals surface area contributed by atoms with Gasteiger partial charge in [-0.15, -0.1) is 0 Å². The van der Waals surface area contributed by atoms with Crippen molar-refractivity contribution in [1.29, 1.82) is 0 Å². The van der Waals surface area contributed by atoms with Crippen LogP contribution < -0.4 is 5.73 Å². The predicted octanol–water partition coefficient (Wildman–Crippen LogP) is 3.26. The molecule has 0 radical (unpaired) electrons. The number of aliphatic carboxylic acids is 1. The van der Waals surface area contributed by atoms with Crippen LogP contribution in [0.15, 0.2) is 22.7 Å².